The summed E-state index contributed by atoms with van der Waals surface area (Å²) in [5, 5.41) is 8.21. The molecule has 0 atom stereocenters. The van der Waals surface area contributed by atoms with E-state index >= 15 is 0 Å². The van der Waals surface area contributed by atoms with Gasteiger partial charge in [0, 0.05) is 31.1 Å². The van der Waals surface area contributed by atoms with E-state index in [0.717, 1.165) is 51.6 Å². The molecular formula is C16H18F3N5S. The Morgan fingerprint density at radius 1 is 1.04 bits per heavy atom. The van der Waals surface area contributed by atoms with Crippen LogP contribution in [0.4, 0.5) is 19.0 Å². The topological polar surface area (TPSA) is 45.2 Å². The first-order chi connectivity index (χ1) is 12.0. The number of fused-ring (bicyclic) bond motifs is 1. The average Bonchev–Trinajstić information content (AvgIpc) is 3.16. The molecule has 25 heavy (non-hydrogen) atoms. The molecule has 4 rings (SSSR count). The largest absolute Gasteiger partial charge is 0.435 e. The third-order valence-electron chi connectivity index (χ3n) is 4.64. The molecule has 134 valence electrons. The number of thiazole rings is 1. The van der Waals surface area contributed by atoms with Gasteiger partial charge < -0.3 is 4.90 Å². The molecule has 3 heterocycles. The van der Waals surface area contributed by atoms with E-state index < -0.39 is 11.9 Å². The summed E-state index contributed by atoms with van der Waals surface area (Å²) in [6.45, 7) is 3.99. The van der Waals surface area contributed by atoms with Crippen molar-refractivity contribution in [3.05, 3.63) is 33.4 Å². The second kappa shape index (κ2) is 6.53. The van der Waals surface area contributed by atoms with Gasteiger partial charge in [0.2, 0.25) is 0 Å². The van der Waals surface area contributed by atoms with Crippen LogP contribution in [0.1, 0.15) is 27.7 Å². The van der Waals surface area contributed by atoms with E-state index in [1.54, 1.807) is 0 Å². The van der Waals surface area contributed by atoms with Crippen molar-refractivity contribution in [3.63, 3.8) is 0 Å². The van der Waals surface area contributed by atoms with Gasteiger partial charge >= 0.3 is 6.18 Å². The monoisotopic (exact) mass is 369 g/mol. The SMILES string of the molecule is FC(F)(F)c1ccc(N2CCN(Cc3nc4c(s3)CCC4)CC2)nn1. The van der Waals surface area contributed by atoms with E-state index in [9.17, 15) is 13.2 Å². The van der Waals surface area contributed by atoms with E-state index in [0.29, 0.717) is 5.82 Å². The lowest BCUT2D eigenvalue weighted by atomic mass is 10.3. The molecule has 0 bridgehead atoms. The van der Waals surface area contributed by atoms with Gasteiger partial charge in [-0.15, -0.1) is 21.5 Å². The number of hydrogen-bond acceptors (Lipinski definition) is 6. The first-order valence-corrected chi connectivity index (χ1v) is 9.16. The molecule has 0 spiro atoms. The Balaban J connectivity index is 1.33. The lowest BCUT2D eigenvalue weighted by Crippen LogP contribution is -2.46. The lowest BCUT2D eigenvalue weighted by molar-refractivity contribution is -0.141. The van der Waals surface area contributed by atoms with Gasteiger partial charge in [-0.25, -0.2) is 4.98 Å². The Bertz CT molecular complexity index is 714. The smallest absolute Gasteiger partial charge is 0.353 e. The number of halogens is 3. The Morgan fingerprint density at radius 2 is 1.84 bits per heavy atom. The first-order valence-electron chi connectivity index (χ1n) is 8.35. The standard InChI is InChI=1S/C16H18F3N5S/c17-16(18,19)13-4-5-14(22-21-13)24-8-6-23(7-9-24)10-15-20-11-2-1-3-12(11)25-15/h4-5H,1-3,6-10H2. The molecule has 0 saturated carbocycles. The van der Waals surface area contributed by atoms with Crippen LogP contribution in [0.2, 0.25) is 0 Å². The molecule has 2 aromatic rings. The minimum absolute atomic E-state index is 0.501. The van der Waals surface area contributed by atoms with Crippen molar-refractivity contribution in [2.45, 2.75) is 32.0 Å². The van der Waals surface area contributed by atoms with Crippen molar-refractivity contribution in [2.75, 3.05) is 31.1 Å². The molecular weight excluding hydrogens is 351 g/mol. The van der Waals surface area contributed by atoms with Gasteiger partial charge in [-0.05, 0) is 31.4 Å². The molecule has 2 aliphatic rings. The first kappa shape index (κ1) is 16.7. The third kappa shape index (κ3) is 3.62. The highest BCUT2D eigenvalue weighted by Crippen LogP contribution is 2.29. The van der Waals surface area contributed by atoms with Gasteiger partial charge in [0.1, 0.15) is 5.01 Å². The fraction of sp³-hybridized carbons (Fsp3) is 0.562. The lowest BCUT2D eigenvalue weighted by Gasteiger charge is -2.34. The summed E-state index contributed by atoms with van der Waals surface area (Å²) in [6.07, 6.45) is -0.959. The highest BCUT2D eigenvalue weighted by molar-refractivity contribution is 7.11. The van der Waals surface area contributed by atoms with E-state index in [1.807, 2.05) is 16.2 Å². The number of nitrogens with zero attached hydrogens (tertiary/aromatic N) is 5. The van der Waals surface area contributed by atoms with Crippen LogP contribution >= 0.6 is 11.3 Å². The maximum atomic E-state index is 12.6. The maximum absolute atomic E-state index is 12.6. The molecule has 1 saturated heterocycles. The molecule has 1 aliphatic carbocycles. The van der Waals surface area contributed by atoms with E-state index in [-0.39, 0.29) is 0 Å². The predicted octanol–water partition coefficient (Wildman–Crippen LogP) is 2.76. The van der Waals surface area contributed by atoms with Crippen LogP contribution in [0.3, 0.4) is 0 Å². The summed E-state index contributed by atoms with van der Waals surface area (Å²) >= 11 is 1.82. The van der Waals surface area contributed by atoms with Crippen LogP contribution in [0, 0.1) is 0 Å². The van der Waals surface area contributed by atoms with Crippen molar-refractivity contribution in [2.24, 2.45) is 0 Å². The van der Waals surface area contributed by atoms with Crippen molar-refractivity contribution in [1.82, 2.24) is 20.1 Å². The fourth-order valence-corrected chi connectivity index (χ4v) is 4.48. The zero-order chi connectivity index (χ0) is 17.4. The number of hydrogen-bond donors (Lipinski definition) is 0. The maximum Gasteiger partial charge on any atom is 0.435 e. The number of alkyl halides is 3. The second-order valence-electron chi connectivity index (χ2n) is 6.37. The summed E-state index contributed by atoms with van der Waals surface area (Å²) in [6, 6.07) is 2.39. The molecule has 5 nitrogen and oxygen atoms in total. The summed E-state index contributed by atoms with van der Waals surface area (Å²) < 4.78 is 37.7. The Morgan fingerprint density at radius 3 is 2.48 bits per heavy atom. The molecule has 9 heteroatoms. The summed E-state index contributed by atoms with van der Waals surface area (Å²) in [4.78, 5) is 10.5. The van der Waals surface area contributed by atoms with Crippen LogP contribution in [0.25, 0.3) is 0 Å². The van der Waals surface area contributed by atoms with E-state index in [4.69, 9.17) is 4.98 Å². The number of piperazine rings is 1. The summed E-state index contributed by atoms with van der Waals surface area (Å²) in [7, 11) is 0. The summed E-state index contributed by atoms with van der Waals surface area (Å²) in [5.74, 6) is 0.501. The summed E-state index contributed by atoms with van der Waals surface area (Å²) in [5.41, 5.74) is 0.324. The molecule has 0 aromatic carbocycles. The van der Waals surface area contributed by atoms with Gasteiger partial charge in [0.25, 0.3) is 0 Å². The van der Waals surface area contributed by atoms with Crippen molar-refractivity contribution in [3.8, 4) is 0 Å². The van der Waals surface area contributed by atoms with Crippen LogP contribution < -0.4 is 4.90 Å². The molecule has 0 amide bonds. The van der Waals surface area contributed by atoms with Crippen LogP contribution in [-0.2, 0) is 25.6 Å². The Hall–Kier alpha value is -1.74. The number of aromatic nitrogens is 3. The zero-order valence-corrected chi connectivity index (χ0v) is 14.4. The van der Waals surface area contributed by atoms with Gasteiger partial charge in [0.05, 0.1) is 12.2 Å². The quantitative estimate of drug-likeness (QED) is 0.833. The molecule has 0 unspecified atom stereocenters. The third-order valence-corrected chi connectivity index (χ3v) is 5.78. The van der Waals surface area contributed by atoms with Gasteiger partial charge in [0.15, 0.2) is 11.5 Å². The zero-order valence-electron chi connectivity index (χ0n) is 13.6. The number of anilines is 1. The van der Waals surface area contributed by atoms with Gasteiger partial charge in [-0.3, -0.25) is 4.90 Å². The highest BCUT2D eigenvalue weighted by atomic mass is 32.1. The van der Waals surface area contributed by atoms with E-state index in [1.165, 1.54) is 28.1 Å². The normalized spacial score (nSPS) is 18.6. The molecule has 0 N–H and O–H groups in total. The van der Waals surface area contributed by atoms with E-state index in [2.05, 4.69) is 15.1 Å². The molecule has 1 aliphatic heterocycles. The Labute approximate surface area is 147 Å². The average molecular weight is 369 g/mol. The van der Waals surface area contributed by atoms with Crippen LogP contribution in [0.5, 0.6) is 0 Å². The number of rotatable bonds is 3. The fourth-order valence-electron chi connectivity index (χ4n) is 3.28. The predicted molar refractivity (Wildman–Crippen MR) is 88.7 cm³/mol. The molecule has 2 aromatic heterocycles. The van der Waals surface area contributed by atoms with Gasteiger partial charge in [-0.2, -0.15) is 13.2 Å². The van der Waals surface area contributed by atoms with Crippen LogP contribution in [-0.4, -0.2) is 46.3 Å². The number of aryl methyl sites for hydroxylation is 2. The Kier molecular flexibility index (Phi) is 4.36. The van der Waals surface area contributed by atoms with Crippen molar-refractivity contribution < 1.29 is 13.2 Å². The van der Waals surface area contributed by atoms with Crippen molar-refractivity contribution >= 4 is 17.2 Å². The minimum Gasteiger partial charge on any atom is -0.353 e. The second-order valence-corrected chi connectivity index (χ2v) is 7.54. The highest BCUT2D eigenvalue weighted by Gasteiger charge is 2.33. The van der Waals surface area contributed by atoms with Gasteiger partial charge in [-0.1, -0.05) is 0 Å². The minimum atomic E-state index is -4.45. The van der Waals surface area contributed by atoms with Crippen LogP contribution in [0.15, 0.2) is 12.1 Å². The van der Waals surface area contributed by atoms with Crippen molar-refractivity contribution in [1.29, 1.82) is 0 Å². The molecule has 1 fully saturated rings. The molecule has 0 radical (unpaired) electrons.